The molecule has 1 atom stereocenters. The average molecular weight is 460 g/mol. The fraction of sp³-hybridized carbons (Fsp3) is 0.160. The summed E-state index contributed by atoms with van der Waals surface area (Å²) < 4.78 is 17.1. The Bertz CT molecular complexity index is 1320. The highest BCUT2D eigenvalue weighted by atomic mass is 32.2. The molecule has 1 aromatic heterocycles. The first-order valence-corrected chi connectivity index (χ1v) is 11.2. The summed E-state index contributed by atoms with van der Waals surface area (Å²) in [5.74, 6) is 1.06. The summed E-state index contributed by atoms with van der Waals surface area (Å²) in [6.07, 6.45) is 2.01. The van der Waals surface area contributed by atoms with Crippen LogP contribution in [0.2, 0.25) is 0 Å². The smallest absolute Gasteiger partial charge is 0.239 e. The zero-order valence-corrected chi connectivity index (χ0v) is 18.9. The van der Waals surface area contributed by atoms with Crippen LogP contribution < -0.4 is 19.3 Å². The first-order valence-electron chi connectivity index (χ1n) is 10.4. The molecule has 166 valence electrons. The number of fused-ring (bicyclic) bond motifs is 1. The lowest BCUT2D eigenvalue weighted by atomic mass is 10.00. The van der Waals surface area contributed by atoms with Crippen molar-refractivity contribution in [2.75, 3.05) is 14.2 Å². The topological polar surface area (TPSA) is 83.8 Å². The standard InChI is InChI=1S/C25H21N3O4S/c1-30-18-11-12-19(22(13-18)31-2)24-14-21(26-20-5-3-4-6-23(20)33-24)16-7-9-17(10-8-16)28-15-25(29)32-27-28/h3-13,15,24H,14H2,1-2H3. The highest BCUT2D eigenvalue weighted by Crippen LogP contribution is 2.48. The Morgan fingerprint density at radius 2 is 1.85 bits per heavy atom. The summed E-state index contributed by atoms with van der Waals surface area (Å²) in [7, 11) is 3.32. The summed E-state index contributed by atoms with van der Waals surface area (Å²) in [6.45, 7) is 0. The molecule has 0 aliphatic carbocycles. The van der Waals surface area contributed by atoms with E-state index in [0.717, 1.165) is 44.6 Å². The van der Waals surface area contributed by atoms with Crippen molar-refractivity contribution in [1.82, 2.24) is 5.27 Å². The maximum absolute atomic E-state index is 11.3. The van der Waals surface area contributed by atoms with Gasteiger partial charge in [-0.15, -0.1) is 11.8 Å². The summed E-state index contributed by atoms with van der Waals surface area (Å²) in [5.41, 5.74) is 4.74. The lowest BCUT2D eigenvalue weighted by Crippen LogP contribution is -2.31. The van der Waals surface area contributed by atoms with E-state index in [4.69, 9.17) is 14.5 Å². The van der Waals surface area contributed by atoms with Gasteiger partial charge in [0.15, 0.2) is 0 Å². The van der Waals surface area contributed by atoms with Crippen molar-refractivity contribution in [2.45, 2.75) is 16.6 Å². The third kappa shape index (κ3) is 4.29. The number of rotatable bonds is 5. The lowest BCUT2D eigenvalue weighted by Gasteiger charge is -2.19. The van der Waals surface area contributed by atoms with Crippen LogP contribution in [0.25, 0.3) is 5.69 Å². The molecule has 4 aromatic rings. The Labute approximate surface area is 195 Å². The molecule has 3 aromatic carbocycles. The molecule has 1 aliphatic rings. The van der Waals surface area contributed by atoms with Gasteiger partial charge in [0, 0.05) is 46.0 Å². The summed E-state index contributed by atoms with van der Waals surface area (Å²) >= 11 is 1.78. The van der Waals surface area contributed by atoms with E-state index in [1.165, 1.54) is 10.9 Å². The predicted octanol–water partition coefficient (Wildman–Crippen LogP) is 4.40. The van der Waals surface area contributed by atoms with Gasteiger partial charge in [0.05, 0.1) is 25.2 Å². The zero-order chi connectivity index (χ0) is 22.8. The maximum atomic E-state index is 11.3. The van der Waals surface area contributed by atoms with Crippen LogP contribution in [0.4, 0.5) is 5.69 Å². The summed E-state index contributed by atoms with van der Waals surface area (Å²) in [6, 6.07) is 21.9. The highest BCUT2D eigenvalue weighted by Gasteiger charge is 2.25. The molecule has 8 heteroatoms. The number of nitrogens with zero attached hydrogens (tertiary/aromatic N) is 3. The molecule has 0 N–H and O–H groups in total. The molecule has 0 radical (unpaired) electrons. The van der Waals surface area contributed by atoms with Crippen molar-refractivity contribution in [2.24, 2.45) is 4.99 Å². The fourth-order valence-electron chi connectivity index (χ4n) is 3.81. The van der Waals surface area contributed by atoms with Crippen LogP contribution in [0.15, 0.2) is 87.3 Å². The van der Waals surface area contributed by atoms with E-state index in [1.54, 1.807) is 26.0 Å². The predicted molar refractivity (Wildman–Crippen MR) is 123 cm³/mol. The van der Waals surface area contributed by atoms with Crippen LogP contribution in [0.3, 0.4) is 0 Å². The van der Waals surface area contributed by atoms with Crippen molar-refractivity contribution in [3.8, 4) is 23.1 Å². The molecule has 0 saturated carbocycles. The van der Waals surface area contributed by atoms with Crippen molar-refractivity contribution in [3.05, 3.63) is 84.1 Å². The van der Waals surface area contributed by atoms with Crippen molar-refractivity contribution < 1.29 is 23.8 Å². The zero-order valence-electron chi connectivity index (χ0n) is 18.1. The van der Waals surface area contributed by atoms with Crippen molar-refractivity contribution >= 4 is 23.2 Å². The van der Waals surface area contributed by atoms with Gasteiger partial charge in [0.2, 0.25) is 11.9 Å². The van der Waals surface area contributed by atoms with E-state index in [9.17, 15) is 5.11 Å². The van der Waals surface area contributed by atoms with Gasteiger partial charge in [0.25, 0.3) is 0 Å². The molecule has 33 heavy (non-hydrogen) atoms. The van der Waals surface area contributed by atoms with E-state index in [1.807, 2.05) is 54.6 Å². The molecule has 1 unspecified atom stereocenters. The number of hydrogen-bond donors (Lipinski definition) is 0. The molecule has 1 aliphatic heterocycles. The minimum atomic E-state index is -0.489. The number of methoxy groups -OCH3 is 2. The Morgan fingerprint density at radius 1 is 1.03 bits per heavy atom. The number of aromatic nitrogens is 2. The van der Waals surface area contributed by atoms with Gasteiger partial charge in [0.1, 0.15) is 17.4 Å². The van der Waals surface area contributed by atoms with Gasteiger partial charge in [-0.2, -0.15) is 0 Å². The summed E-state index contributed by atoms with van der Waals surface area (Å²) in [4.78, 5) is 6.14. The van der Waals surface area contributed by atoms with Crippen LogP contribution in [0, 0.1) is 0 Å². The summed E-state index contributed by atoms with van der Waals surface area (Å²) in [5, 5.41) is 15.1. The van der Waals surface area contributed by atoms with E-state index in [0.29, 0.717) is 6.42 Å². The second-order valence-corrected chi connectivity index (χ2v) is 8.70. The molecule has 0 fully saturated rings. The largest absolute Gasteiger partial charge is 0.539 e. The molecule has 0 bridgehead atoms. The third-order valence-electron chi connectivity index (χ3n) is 5.47. The highest BCUT2D eigenvalue weighted by molar-refractivity contribution is 7.99. The number of para-hydroxylation sites is 1. The third-order valence-corrected chi connectivity index (χ3v) is 6.77. The first kappa shape index (κ1) is 21.1. The van der Waals surface area contributed by atoms with Crippen LogP contribution in [0.5, 0.6) is 17.4 Å². The number of benzene rings is 3. The van der Waals surface area contributed by atoms with Gasteiger partial charge in [-0.3, -0.25) is 4.99 Å². The molecular formula is C25H21N3O4S. The van der Waals surface area contributed by atoms with Gasteiger partial charge in [-0.05, 0) is 40.6 Å². The van der Waals surface area contributed by atoms with Crippen LogP contribution in [0.1, 0.15) is 22.8 Å². The Hall–Kier alpha value is -3.78. The molecular weight excluding hydrogens is 438 g/mol. The second-order valence-electron chi connectivity index (χ2n) is 7.46. The monoisotopic (exact) mass is 459 g/mol. The number of ether oxygens (including phenoxy) is 2. The van der Waals surface area contributed by atoms with Crippen LogP contribution in [-0.4, -0.2) is 25.2 Å². The van der Waals surface area contributed by atoms with E-state index >= 15 is 0 Å². The quantitative estimate of drug-likeness (QED) is 0.412. The van der Waals surface area contributed by atoms with Crippen molar-refractivity contribution in [1.29, 1.82) is 0 Å². The van der Waals surface area contributed by atoms with Gasteiger partial charge >= 0.3 is 0 Å². The minimum Gasteiger partial charge on any atom is -0.539 e. The average Bonchev–Trinajstić information content (AvgIpc) is 3.20. The Balaban J connectivity index is 1.54. The molecule has 0 amide bonds. The van der Waals surface area contributed by atoms with Gasteiger partial charge in [-0.1, -0.05) is 18.2 Å². The number of thioether (sulfide) groups is 1. The first-order chi connectivity index (χ1) is 16.1. The van der Waals surface area contributed by atoms with E-state index in [-0.39, 0.29) is 5.25 Å². The van der Waals surface area contributed by atoms with E-state index < -0.39 is 5.95 Å². The SMILES string of the molecule is COc1ccc(C2CC(c3ccc(-[n+]4cc([O-])on4)cc3)=Nc3ccccc3S2)c(OC)c1. The molecule has 2 heterocycles. The number of aliphatic imine (C=N–C) groups is 1. The van der Waals surface area contributed by atoms with Crippen LogP contribution in [-0.2, 0) is 0 Å². The Kier molecular flexibility index (Phi) is 5.75. The number of hydrogen-bond acceptors (Lipinski definition) is 7. The maximum Gasteiger partial charge on any atom is 0.239 e. The lowest BCUT2D eigenvalue weighted by molar-refractivity contribution is -0.670. The van der Waals surface area contributed by atoms with Crippen molar-refractivity contribution in [3.63, 3.8) is 0 Å². The van der Waals surface area contributed by atoms with Gasteiger partial charge in [-0.25, -0.2) is 0 Å². The normalized spacial score (nSPS) is 15.3. The Morgan fingerprint density at radius 3 is 2.58 bits per heavy atom. The molecule has 0 spiro atoms. The molecule has 5 rings (SSSR count). The van der Waals surface area contributed by atoms with Gasteiger partial charge < -0.3 is 19.1 Å². The van der Waals surface area contributed by atoms with Crippen LogP contribution >= 0.6 is 11.8 Å². The van der Waals surface area contributed by atoms with E-state index in [2.05, 4.69) is 21.9 Å². The molecule has 7 nitrogen and oxygen atoms in total. The fourth-order valence-corrected chi connectivity index (χ4v) is 5.07. The minimum absolute atomic E-state index is 0.0980. The molecule has 0 saturated heterocycles. The second kappa shape index (κ2) is 8.99.